The number of hydrogen-bond acceptors (Lipinski definition) is 4. The minimum absolute atomic E-state index is 0.135. The van der Waals surface area contributed by atoms with E-state index in [1.54, 1.807) is 30.1 Å². The lowest BCUT2D eigenvalue weighted by Gasteiger charge is -2.16. The van der Waals surface area contributed by atoms with Gasteiger partial charge in [0.05, 0.1) is 24.0 Å². The lowest BCUT2D eigenvalue weighted by atomic mass is 10.2. The number of para-hydroxylation sites is 1. The molecular weight excluding hydrogens is 384 g/mol. The number of nitrogens with one attached hydrogen (secondary N) is 2. The lowest BCUT2D eigenvalue weighted by molar-refractivity contribution is -0.117. The molecule has 0 radical (unpaired) electrons. The van der Waals surface area contributed by atoms with Gasteiger partial charge in [-0.1, -0.05) is 34.1 Å². The van der Waals surface area contributed by atoms with E-state index in [4.69, 9.17) is 0 Å². The Morgan fingerprint density at radius 3 is 2.84 bits per heavy atom. The summed E-state index contributed by atoms with van der Waals surface area (Å²) in [7, 11) is 1.80. The van der Waals surface area contributed by atoms with Crippen LogP contribution in [0.4, 0.5) is 5.69 Å². The van der Waals surface area contributed by atoms with Crippen LogP contribution in [0.2, 0.25) is 0 Å². The largest absolute Gasteiger partial charge is 0.325 e. The Bertz CT molecular complexity index is 970. The van der Waals surface area contributed by atoms with E-state index in [0.29, 0.717) is 23.3 Å². The van der Waals surface area contributed by atoms with Crippen LogP contribution in [-0.4, -0.2) is 34.4 Å². The molecule has 0 saturated heterocycles. The number of likely N-dealkylation sites (N-methyl/N-ethyl adjacent to an activating group) is 1. The smallest absolute Gasteiger partial charge is 0.258 e. The summed E-state index contributed by atoms with van der Waals surface area (Å²) in [5, 5.41) is 3.39. The van der Waals surface area contributed by atoms with Crippen molar-refractivity contribution in [3.63, 3.8) is 0 Å². The summed E-state index contributed by atoms with van der Waals surface area (Å²) in [6, 6.07) is 14.6. The second-order valence-electron chi connectivity index (χ2n) is 5.76. The molecule has 0 spiro atoms. The molecule has 7 heteroatoms. The van der Waals surface area contributed by atoms with Crippen LogP contribution in [0.3, 0.4) is 0 Å². The molecule has 1 heterocycles. The van der Waals surface area contributed by atoms with E-state index in [2.05, 4.69) is 31.2 Å². The predicted molar refractivity (Wildman–Crippen MR) is 101 cm³/mol. The number of aromatic amines is 1. The van der Waals surface area contributed by atoms with Gasteiger partial charge in [0.1, 0.15) is 5.82 Å². The number of hydrogen-bond donors (Lipinski definition) is 2. The topological polar surface area (TPSA) is 78.1 Å². The number of carbonyl (C=O) groups is 1. The van der Waals surface area contributed by atoms with Crippen LogP contribution in [0.1, 0.15) is 5.82 Å². The van der Waals surface area contributed by atoms with Crippen LogP contribution in [-0.2, 0) is 11.3 Å². The third-order valence-electron chi connectivity index (χ3n) is 3.60. The summed E-state index contributed by atoms with van der Waals surface area (Å²) in [4.78, 5) is 33.2. The fourth-order valence-electron chi connectivity index (χ4n) is 2.53. The number of H-pyrrole nitrogens is 1. The van der Waals surface area contributed by atoms with E-state index in [1.165, 1.54) is 0 Å². The van der Waals surface area contributed by atoms with Crippen LogP contribution in [0, 0.1) is 0 Å². The SMILES string of the molecule is CN(CC(=O)Nc1cccc(Br)c1)Cc1nc2ccccc2c(=O)[nH]1. The van der Waals surface area contributed by atoms with Crippen molar-refractivity contribution in [3.05, 3.63) is 69.2 Å². The van der Waals surface area contributed by atoms with Crippen LogP contribution in [0.25, 0.3) is 10.9 Å². The first-order chi connectivity index (χ1) is 12.0. The molecule has 1 amide bonds. The van der Waals surface area contributed by atoms with Crippen molar-refractivity contribution in [1.82, 2.24) is 14.9 Å². The molecule has 3 aromatic rings. The van der Waals surface area contributed by atoms with Gasteiger partial charge in [0.25, 0.3) is 5.56 Å². The molecule has 6 nitrogen and oxygen atoms in total. The fourth-order valence-corrected chi connectivity index (χ4v) is 2.93. The number of benzene rings is 2. The second-order valence-corrected chi connectivity index (χ2v) is 6.68. The number of carbonyl (C=O) groups excluding carboxylic acids is 1. The van der Waals surface area contributed by atoms with Gasteiger partial charge in [-0.3, -0.25) is 14.5 Å². The molecule has 0 bridgehead atoms. The minimum atomic E-state index is -0.174. The first-order valence-corrected chi connectivity index (χ1v) is 8.52. The van der Waals surface area contributed by atoms with Crippen LogP contribution in [0.15, 0.2) is 57.8 Å². The van der Waals surface area contributed by atoms with Gasteiger partial charge in [-0.05, 0) is 37.4 Å². The van der Waals surface area contributed by atoms with Gasteiger partial charge in [-0.15, -0.1) is 0 Å². The standard InChI is InChI=1S/C18H17BrN4O2/c1-23(11-17(24)20-13-6-4-5-12(19)9-13)10-16-21-15-8-3-2-7-14(15)18(25)22-16/h2-9H,10-11H2,1H3,(H,20,24)(H,21,22,25). The van der Waals surface area contributed by atoms with E-state index in [1.807, 2.05) is 30.3 Å². The van der Waals surface area contributed by atoms with Crippen LogP contribution >= 0.6 is 15.9 Å². The van der Waals surface area contributed by atoms with Crippen molar-refractivity contribution in [3.8, 4) is 0 Å². The maximum Gasteiger partial charge on any atom is 0.258 e. The van der Waals surface area contributed by atoms with Crippen molar-refractivity contribution in [2.24, 2.45) is 0 Å². The Balaban J connectivity index is 1.65. The van der Waals surface area contributed by atoms with E-state index in [9.17, 15) is 9.59 Å². The first-order valence-electron chi connectivity index (χ1n) is 7.73. The van der Waals surface area contributed by atoms with Gasteiger partial charge in [-0.25, -0.2) is 4.98 Å². The average molecular weight is 401 g/mol. The molecule has 1 aromatic heterocycles. The summed E-state index contributed by atoms with van der Waals surface area (Å²) in [6.45, 7) is 0.551. The quantitative estimate of drug-likeness (QED) is 0.689. The van der Waals surface area contributed by atoms with Crippen molar-refractivity contribution in [2.75, 3.05) is 18.9 Å². The number of halogens is 1. The van der Waals surface area contributed by atoms with Gasteiger partial charge < -0.3 is 10.3 Å². The number of nitrogens with zero attached hydrogens (tertiary/aromatic N) is 2. The zero-order valence-electron chi connectivity index (χ0n) is 13.6. The van der Waals surface area contributed by atoms with Gasteiger partial charge in [0.15, 0.2) is 0 Å². The van der Waals surface area contributed by atoms with Gasteiger partial charge in [0, 0.05) is 10.2 Å². The highest BCUT2D eigenvalue weighted by atomic mass is 79.9. The molecule has 3 rings (SSSR count). The number of rotatable bonds is 5. The summed E-state index contributed by atoms with van der Waals surface area (Å²) >= 11 is 3.37. The molecule has 0 fully saturated rings. The van der Waals surface area contributed by atoms with Crippen molar-refractivity contribution >= 4 is 38.4 Å². The van der Waals surface area contributed by atoms with Gasteiger partial charge >= 0.3 is 0 Å². The Hall–Kier alpha value is -2.51. The highest BCUT2D eigenvalue weighted by molar-refractivity contribution is 9.10. The molecule has 25 heavy (non-hydrogen) atoms. The highest BCUT2D eigenvalue weighted by Gasteiger charge is 2.10. The van der Waals surface area contributed by atoms with E-state index in [0.717, 1.165) is 10.2 Å². The Morgan fingerprint density at radius 2 is 2.04 bits per heavy atom. The molecule has 2 N–H and O–H groups in total. The molecule has 0 aliphatic carbocycles. The fraction of sp³-hybridized carbons (Fsp3) is 0.167. The Kier molecular flexibility index (Phi) is 5.25. The van der Waals surface area contributed by atoms with E-state index >= 15 is 0 Å². The third-order valence-corrected chi connectivity index (χ3v) is 4.10. The minimum Gasteiger partial charge on any atom is -0.325 e. The average Bonchev–Trinajstić information content (AvgIpc) is 2.54. The molecular formula is C18H17BrN4O2. The Morgan fingerprint density at radius 1 is 1.24 bits per heavy atom. The second kappa shape index (κ2) is 7.58. The zero-order chi connectivity index (χ0) is 17.8. The van der Waals surface area contributed by atoms with Crippen LogP contribution in [0.5, 0.6) is 0 Å². The maximum absolute atomic E-state index is 12.1. The summed E-state index contributed by atoms with van der Waals surface area (Å²) in [5.41, 5.74) is 1.20. The highest BCUT2D eigenvalue weighted by Crippen LogP contribution is 2.15. The van der Waals surface area contributed by atoms with Crippen molar-refractivity contribution in [1.29, 1.82) is 0 Å². The predicted octanol–water partition coefficient (Wildman–Crippen LogP) is 2.76. The van der Waals surface area contributed by atoms with Gasteiger partial charge in [0.2, 0.25) is 5.91 Å². The van der Waals surface area contributed by atoms with Crippen LogP contribution < -0.4 is 10.9 Å². The lowest BCUT2D eigenvalue weighted by Crippen LogP contribution is -2.31. The monoisotopic (exact) mass is 400 g/mol. The summed E-state index contributed by atoms with van der Waals surface area (Å²) < 4.78 is 0.900. The van der Waals surface area contributed by atoms with Crippen molar-refractivity contribution in [2.45, 2.75) is 6.54 Å². The molecule has 2 aromatic carbocycles. The maximum atomic E-state index is 12.1. The zero-order valence-corrected chi connectivity index (χ0v) is 15.2. The number of anilines is 1. The van der Waals surface area contributed by atoms with Crippen molar-refractivity contribution < 1.29 is 4.79 Å². The summed E-state index contributed by atoms with van der Waals surface area (Å²) in [6.07, 6.45) is 0. The number of fused-ring (bicyclic) bond motifs is 1. The molecule has 0 saturated carbocycles. The molecule has 0 atom stereocenters. The Labute approximate surface area is 153 Å². The van der Waals surface area contributed by atoms with E-state index < -0.39 is 0 Å². The first kappa shape index (κ1) is 17.3. The molecule has 0 aliphatic heterocycles. The number of aromatic nitrogens is 2. The molecule has 128 valence electrons. The summed E-state index contributed by atoms with van der Waals surface area (Å²) in [5.74, 6) is 0.394. The van der Waals surface area contributed by atoms with E-state index in [-0.39, 0.29) is 18.0 Å². The normalized spacial score (nSPS) is 11.0. The molecule has 0 aliphatic rings. The number of amides is 1. The third kappa shape index (κ3) is 4.52. The van der Waals surface area contributed by atoms with Gasteiger partial charge in [-0.2, -0.15) is 0 Å². The molecule has 0 unspecified atom stereocenters.